The fourth-order valence-electron chi connectivity index (χ4n) is 1.17. The molecule has 0 aliphatic heterocycles. The fourth-order valence-corrected chi connectivity index (χ4v) is 1.53. The van der Waals surface area contributed by atoms with E-state index in [9.17, 15) is 4.79 Å². The van der Waals surface area contributed by atoms with Gasteiger partial charge in [0.25, 0.3) is 0 Å². The quantitative estimate of drug-likeness (QED) is 0.826. The van der Waals surface area contributed by atoms with Crippen LogP contribution in [-0.4, -0.2) is 17.1 Å². The van der Waals surface area contributed by atoms with Gasteiger partial charge in [-0.2, -0.15) is 0 Å². The summed E-state index contributed by atoms with van der Waals surface area (Å²) >= 11 is 8.79. The molecule has 0 bridgehead atoms. The van der Waals surface area contributed by atoms with Crippen molar-refractivity contribution in [2.75, 3.05) is 16.5 Å². The van der Waals surface area contributed by atoms with Crippen LogP contribution in [0.4, 0.5) is 5.69 Å². The molecule has 0 aliphatic rings. The van der Waals surface area contributed by atoms with Crippen LogP contribution < -0.4 is 5.32 Å². The number of carbonyl (C=O) groups excluding carboxylic acids is 1. The topological polar surface area (TPSA) is 29.1 Å². The van der Waals surface area contributed by atoms with Gasteiger partial charge in [0.2, 0.25) is 5.91 Å². The summed E-state index contributed by atoms with van der Waals surface area (Å²) in [5, 5.41) is 3.60. The Bertz CT molecular complexity index is 362. The lowest BCUT2D eigenvalue weighted by Crippen LogP contribution is -2.11. The smallest absolute Gasteiger partial charge is 0.225 e. The molecule has 1 amide bonds. The average molecular weight is 303 g/mol. The van der Waals surface area contributed by atoms with Gasteiger partial charge >= 0.3 is 0 Å². The minimum atomic E-state index is -0.0567. The molecule has 0 spiro atoms. The maximum absolute atomic E-state index is 11.3. The van der Waals surface area contributed by atoms with Crippen LogP contribution in [0.1, 0.15) is 12.0 Å². The number of rotatable bonds is 5. The lowest BCUT2D eigenvalue weighted by molar-refractivity contribution is -0.115. The first kappa shape index (κ1) is 13.3. The summed E-state index contributed by atoms with van der Waals surface area (Å²) < 4.78 is 0. The molecular formula is C12H13BrClNO. The van der Waals surface area contributed by atoms with E-state index in [1.54, 1.807) is 0 Å². The van der Waals surface area contributed by atoms with Crippen molar-refractivity contribution >= 4 is 45.2 Å². The Morgan fingerprint density at radius 1 is 1.38 bits per heavy atom. The Kier molecular flexibility index (Phi) is 6.19. The highest BCUT2D eigenvalue weighted by molar-refractivity contribution is 9.09. The van der Waals surface area contributed by atoms with Gasteiger partial charge in [0.1, 0.15) is 0 Å². The summed E-state index contributed by atoms with van der Waals surface area (Å²) in [6.07, 6.45) is 4.37. The number of anilines is 1. The van der Waals surface area contributed by atoms with E-state index in [0.717, 1.165) is 16.6 Å². The van der Waals surface area contributed by atoms with Crippen molar-refractivity contribution in [1.82, 2.24) is 0 Å². The predicted molar refractivity (Wildman–Crippen MR) is 73.2 cm³/mol. The van der Waals surface area contributed by atoms with Gasteiger partial charge in [0.15, 0.2) is 0 Å². The minimum Gasteiger partial charge on any atom is -0.326 e. The molecular weight excluding hydrogens is 289 g/mol. The summed E-state index contributed by atoms with van der Waals surface area (Å²) in [6, 6.07) is 7.66. The average Bonchev–Trinajstić information content (AvgIpc) is 2.28. The third-order valence-electron chi connectivity index (χ3n) is 1.92. The normalized spacial score (nSPS) is 10.6. The number of allylic oxidation sites excluding steroid dienone is 1. The number of halogens is 2. The van der Waals surface area contributed by atoms with E-state index in [2.05, 4.69) is 21.2 Å². The Morgan fingerprint density at radius 3 is 2.62 bits per heavy atom. The molecule has 0 aliphatic carbocycles. The van der Waals surface area contributed by atoms with Gasteiger partial charge < -0.3 is 5.32 Å². The van der Waals surface area contributed by atoms with Crippen LogP contribution in [-0.2, 0) is 4.79 Å². The first-order valence-electron chi connectivity index (χ1n) is 4.94. The van der Waals surface area contributed by atoms with E-state index in [-0.39, 0.29) is 5.91 Å². The molecule has 16 heavy (non-hydrogen) atoms. The van der Waals surface area contributed by atoms with Crippen molar-refractivity contribution in [3.05, 3.63) is 35.9 Å². The first-order chi connectivity index (χ1) is 7.76. The molecule has 0 heterocycles. The largest absolute Gasteiger partial charge is 0.326 e. The molecule has 0 aromatic heterocycles. The molecule has 0 atom stereocenters. The van der Waals surface area contributed by atoms with Crippen LogP contribution in [0.2, 0.25) is 0 Å². The number of hydrogen-bond acceptors (Lipinski definition) is 1. The Labute approximate surface area is 109 Å². The molecule has 1 rings (SSSR count). The van der Waals surface area contributed by atoms with Crippen molar-refractivity contribution < 1.29 is 4.79 Å². The highest BCUT2D eigenvalue weighted by atomic mass is 79.9. The van der Waals surface area contributed by atoms with Gasteiger partial charge in [-0.05, 0) is 17.7 Å². The van der Waals surface area contributed by atoms with Crippen molar-refractivity contribution in [3.8, 4) is 0 Å². The second-order valence-corrected chi connectivity index (χ2v) is 4.19. The van der Waals surface area contributed by atoms with Crippen LogP contribution >= 0.6 is 27.5 Å². The summed E-state index contributed by atoms with van der Waals surface area (Å²) in [5.41, 5.74) is 1.90. The Balaban J connectivity index is 2.57. The monoisotopic (exact) mass is 301 g/mol. The van der Waals surface area contributed by atoms with Crippen LogP contribution in [0.25, 0.3) is 6.08 Å². The highest BCUT2D eigenvalue weighted by Crippen LogP contribution is 2.11. The Hall–Kier alpha value is -0.800. The van der Waals surface area contributed by atoms with E-state index in [1.165, 1.54) is 0 Å². The summed E-state index contributed by atoms with van der Waals surface area (Å²) in [6.45, 7) is 0. The third kappa shape index (κ3) is 4.81. The van der Waals surface area contributed by atoms with Crippen molar-refractivity contribution in [2.24, 2.45) is 0 Å². The summed E-state index contributed by atoms with van der Waals surface area (Å²) in [5.74, 6) is 0.288. The number of hydrogen-bond donors (Lipinski definition) is 1. The van der Waals surface area contributed by atoms with Crippen LogP contribution in [0.3, 0.4) is 0 Å². The summed E-state index contributed by atoms with van der Waals surface area (Å²) in [4.78, 5) is 11.3. The van der Waals surface area contributed by atoms with Crippen molar-refractivity contribution in [3.63, 3.8) is 0 Å². The zero-order valence-corrected chi connectivity index (χ0v) is 11.1. The van der Waals surface area contributed by atoms with E-state index < -0.39 is 0 Å². The van der Waals surface area contributed by atoms with Gasteiger partial charge in [0, 0.05) is 23.3 Å². The maximum Gasteiger partial charge on any atom is 0.225 e. The second-order valence-electron chi connectivity index (χ2n) is 3.17. The molecule has 0 radical (unpaired) electrons. The van der Waals surface area contributed by atoms with Crippen LogP contribution in [0.5, 0.6) is 0 Å². The molecule has 0 fully saturated rings. The highest BCUT2D eigenvalue weighted by Gasteiger charge is 2.00. The van der Waals surface area contributed by atoms with Gasteiger partial charge in [-0.1, -0.05) is 40.2 Å². The molecule has 1 N–H and O–H groups in total. The predicted octanol–water partition coefficient (Wildman–Crippen LogP) is 3.66. The summed E-state index contributed by atoms with van der Waals surface area (Å²) in [7, 11) is 0. The van der Waals surface area contributed by atoms with Crippen LogP contribution in [0.15, 0.2) is 30.3 Å². The lowest BCUT2D eigenvalue weighted by Gasteiger charge is -2.03. The standard InChI is InChI=1S/C12H13BrClNO/c13-8-1-2-10-3-5-11(6-4-10)15-12(16)7-9-14/h1-6H,7-9H2,(H,15,16). The number of alkyl halides is 2. The minimum absolute atomic E-state index is 0.0567. The number of carbonyl (C=O) groups is 1. The lowest BCUT2D eigenvalue weighted by atomic mass is 10.2. The van der Waals surface area contributed by atoms with Gasteiger partial charge in [0.05, 0.1) is 0 Å². The Morgan fingerprint density at radius 2 is 2.06 bits per heavy atom. The zero-order chi connectivity index (χ0) is 11.8. The molecule has 1 aromatic rings. The maximum atomic E-state index is 11.3. The zero-order valence-electron chi connectivity index (χ0n) is 8.75. The third-order valence-corrected chi connectivity index (χ3v) is 2.48. The van der Waals surface area contributed by atoms with E-state index in [0.29, 0.717) is 12.3 Å². The SMILES string of the molecule is O=C(CCCl)Nc1ccc(C=CCBr)cc1. The molecule has 0 unspecified atom stereocenters. The second kappa shape index (κ2) is 7.47. The first-order valence-corrected chi connectivity index (χ1v) is 6.60. The number of amides is 1. The van der Waals surface area contributed by atoms with E-state index in [4.69, 9.17) is 11.6 Å². The molecule has 0 saturated carbocycles. The van der Waals surface area contributed by atoms with Gasteiger partial charge in [-0.25, -0.2) is 0 Å². The molecule has 4 heteroatoms. The molecule has 2 nitrogen and oxygen atoms in total. The van der Waals surface area contributed by atoms with Crippen LogP contribution in [0, 0.1) is 0 Å². The number of nitrogens with one attached hydrogen (secondary N) is 1. The van der Waals surface area contributed by atoms with Gasteiger partial charge in [-0.3, -0.25) is 4.79 Å². The fraction of sp³-hybridized carbons (Fsp3) is 0.250. The van der Waals surface area contributed by atoms with E-state index in [1.807, 2.05) is 36.4 Å². The molecule has 0 saturated heterocycles. The van der Waals surface area contributed by atoms with Crippen molar-refractivity contribution in [2.45, 2.75) is 6.42 Å². The van der Waals surface area contributed by atoms with Gasteiger partial charge in [-0.15, -0.1) is 11.6 Å². The molecule has 1 aromatic carbocycles. The van der Waals surface area contributed by atoms with E-state index >= 15 is 0 Å². The van der Waals surface area contributed by atoms with Crippen molar-refractivity contribution in [1.29, 1.82) is 0 Å². The molecule has 86 valence electrons. The number of benzene rings is 1.